The van der Waals surface area contributed by atoms with Crippen molar-refractivity contribution in [3.05, 3.63) is 70.1 Å². The standard InChI is InChI=1S/C19H13NO5S2/c21-16(22)10-12-3-7-14(8-4-12)20-17(23)15(27-19(20)26)9-11-1-5-13(6-2-11)18(24)25/h1-9H,10H2,(H,21,22)(H,24,25)/b15-9-. The number of nitrogens with zero attached hydrogens (tertiary/aromatic N) is 1. The summed E-state index contributed by atoms with van der Waals surface area (Å²) < 4.78 is 0.374. The van der Waals surface area contributed by atoms with Crippen LogP contribution >= 0.6 is 24.0 Å². The number of anilines is 1. The van der Waals surface area contributed by atoms with Gasteiger partial charge in [0.15, 0.2) is 4.32 Å². The number of thioether (sulfide) groups is 1. The fourth-order valence-corrected chi connectivity index (χ4v) is 3.80. The quantitative estimate of drug-likeness (QED) is 0.588. The normalized spacial score (nSPS) is 15.4. The number of rotatable bonds is 5. The number of aliphatic carboxylic acids is 1. The van der Waals surface area contributed by atoms with Crippen LogP contribution in [0, 0.1) is 0 Å². The predicted octanol–water partition coefficient (Wildman–Crippen LogP) is 3.42. The Balaban J connectivity index is 1.82. The summed E-state index contributed by atoms with van der Waals surface area (Å²) in [6.45, 7) is 0. The summed E-state index contributed by atoms with van der Waals surface area (Å²) in [4.78, 5) is 36.2. The topological polar surface area (TPSA) is 94.9 Å². The maximum atomic E-state index is 12.7. The zero-order valence-electron chi connectivity index (χ0n) is 13.8. The van der Waals surface area contributed by atoms with Crippen molar-refractivity contribution in [2.24, 2.45) is 0 Å². The van der Waals surface area contributed by atoms with E-state index < -0.39 is 11.9 Å². The van der Waals surface area contributed by atoms with Crippen LogP contribution in [-0.2, 0) is 16.0 Å². The second-order valence-electron chi connectivity index (χ2n) is 5.68. The lowest BCUT2D eigenvalue weighted by atomic mass is 10.1. The molecule has 3 rings (SSSR count). The average molecular weight is 399 g/mol. The van der Waals surface area contributed by atoms with Crippen LogP contribution < -0.4 is 4.90 Å². The summed E-state index contributed by atoms with van der Waals surface area (Å²) in [5, 5.41) is 17.8. The molecule has 8 heteroatoms. The summed E-state index contributed by atoms with van der Waals surface area (Å²) >= 11 is 6.46. The Hall–Kier alpha value is -2.97. The van der Waals surface area contributed by atoms with Gasteiger partial charge in [0.05, 0.1) is 22.6 Å². The molecule has 2 aromatic carbocycles. The van der Waals surface area contributed by atoms with Crippen LogP contribution in [0.5, 0.6) is 0 Å². The molecule has 2 N–H and O–H groups in total. The Labute approximate surface area is 164 Å². The van der Waals surface area contributed by atoms with Crippen LogP contribution in [0.3, 0.4) is 0 Å². The third-order valence-corrected chi connectivity index (χ3v) is 5.10. The molecular weight excluding hydrogens is 386 g/mol. The molecule has 0 unspecified atom stereocenters. The molecule has 1 saturated heterocycles. The molecule has 1 aliphatic heterocycles. The third kappa shape index (κ3) is 4.24. The van der Waals surface area contributed by atoms with Crippen molar-refractivity contribution in [3.63, 3.8) is 0 Å². The molecule has 0 spiro atoms. The van der Waals surface area contributed by atoms with Crippen molar-refractivity contribution < 1.29 is 24.6 Å². The smallest absolute Gasteiger partial charge is 0.335 e. The lowest BCUT2D eigenvalue weighted by Gasteiger charge is -2.14. The predicted molar refractivity (Wildman–Crippen MR) is 107 cm³/mol. The van der Waals surface area contributed by atoms with Crippen molar-refractivity contribution >= 4 is 57.9 Å². The third-order valence-electron chi connectivity index (χ3n) is 3.80. The van der Waals surface area contributed by atoms with E-state index in [0.29, 0.717) is 26.0 Å². The summed E-state index contributed by atoms with van der Waals surface area (Å²) in [5.41, 5.74) is 2.06. The number of carboxylic acid groups (broad SMARTS) is 2. The monoisotopic (exact) mass is 399 g/mol. The molecule has 0 aromatic heterocycles. The maximum Gasteiger partial charge on any atom is 0.335 e. The second kappa shape index (κ2) is 7.73. The van der Waals surface area contributed by atoms with Gasteiger partial charge >= 0.3 is 11.9 Å². The van der Waals surface area contributed by atoms with Gasteiger partial charge in [-0.15, -0.1) is 0 Å². The highest BCUT2D eigenvalue weighted by molar-refractivity contribution is 8.27. The molecule has 2 aromatic rings. The molecule has 1 amide bonds. The molecule has 0 radical (unpaired) electrons. The number of carboxylic acids is 2. The van der Waals surface area contributed by atoms with Gasteiger partial charge in [0.2, 0.25) is 0 Å². The maximum absolute atomic E-state index is 12.7. The Morgan fingerprint density at radius 3 is 2.22 bits per heavy atom. The first-order valence-corrected chi connectivity index (χ1v) is 8.99. The lowest BCUT2D eigenvalue weighted by molar-refractivity contribution is -0.136. The van der Waals surface area contributed by atoms with E-state index in [2.05, 4.69) is 0 Å². The fraction of sp³-hybridized carbons (Fsp3) is 0.0526. The SMILES string of the molecule is O=C(O)Cc1ccc(N2C(=O)/C(=C/c3ccc(C(=O)O)cc3)SC2=S)cc1. The Morgan fingerprint density at radius 1 is 1.04 bits per heavy atom. The number of hydrogen-bond acceptors (Lipinski definition) is 5. The highest BCUT2D eigenvalue weighted by Gasteiger charge is 2.33. The van der Waals surface area contributed by atoms with Crippen molar-refractivity contribution in [3.8, 4) is 0 Å². The fourth-order valence-electron chi connectivity index (χ4n) is 2.50. The molecule has 27 heavy (non-hydrogen) atoms. The number of carbonyl (C=O) groups excluding carboxylic acids is 1. The van der Waals surface area contributed by atoms with E-state index in [1.165, 1.54) is 17.0 Å². The number of thiocarbonyl (C=S) groups is 1. The highest BCUT2D eigenvalue weighted by Crippen LogP contribution is 2.36. The molecular formula is C19H13NO5S2. The van der Waals surface area contributed by atoms with Crippen molar-refractivity contribution in [2.75, 3.05) is 4.90 Å². The van der Waals surface area contributed by atoms with Gasteiger partial charge in [-0.2, -0.15) is 0 Å². The van der Waals surface area contributed by atoms with Gasteiger partial charge in [-0.3, -0.25) is 14.5 Å². The van der Waals surface area contributed by atoms with E-state index in [4.69, 9.17) is 22.4 Å². The van der Waals surface area contributed by atoms with Gasteiger partial charge in [0.1, 0.15) is 0 Å². The first-order valence-electron chi connectivity index (χ1n) is 7.77. The Morgan fingerprint density at radius 2 is 1.67 bits per heavy atom. The van der Waals surface area contributed by atoms with Crippen LogP contribution in [-0.4, -0.2) is 32.4 Å². The minimum absolute atomic E-state index is 0.0923. The van der Waals surface area contributed by atoms with Crippen LogP contribution in [0.25, 0.3) is 6.08 Å². The minimum atomic E-state index is -1.01. The molecule has 0 saturated carbocycles. The zero-order valence-corrected chi connectivity index (χ0v) is 15.4. The van der Waals surface area contributed by atoms with E-state index in [9.17, 15) is 14.4 Å². The number of benzene rings is 2. The van der Waals surface area contributed by atoms with Crippen LogP contribution in [0.15, 0.2) is 53.4 Å². The van der Waals surface area contributed by atoms with E-state index in [1.54, 1.807) is 42.5 Å². The molecule has 1 fully saturated rings. The van der Waals surface area contributed by atoms with Gasteiger partial charge in [-0.05, 0) is 41.5 Å². The molecule has 0 atom stereocenters. The van der Waals surface area contributed by atoms with Crippen molar-refractivity contribution in [2.45, 2.75) is 6.42 Å². The second-order valence-corrected chi connectivity index (χ2v) is 7.36. The van der Waals surface area contributed by atoms with Crippen LogP contribution in [0.1, 0.15) is 21.5 Å². The molecule has 0 bridgehead atoms. The molecule has 0 aliphatic carbocycles. The van der Waals surface area contributed by atoms with Crippen LogP contribution in [0.2, 0.25) is 0 Å². The van der Waals surface area contributed by atoms with E-state index in [-0.39, 0.29) is 17.9 Å². The first-order chi connectivity index (χ1) is 12.8. The zero-order chi connectivity index (χ0) is 19.6. The lowest BCUT2D eigenvalue weighted by Crippen LogP contribution is -2.27. The molecule has 6 nitrogen and oxygen atoms in total. The summed E-state index contributed by atoms with van der Waals surface area (Å²) in [6, 6.07) is 12.8. The number of amides is 1. The molecule has 136 valence electrons. The minimum Gasteiger partial charge on any atom is -0.481 e. The number of carbonyl (C=O) groups is 3. The average Bonchev–Trinajstić information content (AvgIpc) is 2.89. The van der Waals surface area contributed by atoms with Gasteiger partial charge in [0, 0.05) is 0 Å². The first kappa shape index (κ1) is 18.8. The number of aromatic carboxylic acids is 1. The Bertz CT molecular complexity index is 965. The van der Waals surface area contributed by atoms with Gasteiger partial charge in [-0.1, -0.05) is 48.2 Å². The van der Waals surface area contributed by atoms with Gasteiger partial charge in [0.25, 0.3) is 5.91 Å². The molecule has 1 aliphatic rings. The van der Waals surface area contributed by atoms with Crippen LogP contribution in [0.4, 0.5) is 5.69 Å². The summed E-state index contributed by atoms with van der Waals surface area (Å²) in [5.74, 6) is -2.22. The molecule has 1 heterocycles. The number of hydrogen-bond donors (Lipinski definition) is 2. The summed E-state index contributed by atoms with van der Waals surface area (Å²) in [7, 11) is 0. The van der Waals surface area contributed by atoms with E-state index in [1.807, 2.05) is 0 Å². The van der Waals surface area contributed by atoms with Gasteiger partial charge in [-0.25, -0.2) is 4.79 Å². The summed E-state index contributed by atoms with van der Waals surface area (Å²) in [6.07, 6.45) is 1.56. The highest BCUT2D eigenvalue weighted by atomic mass is 32.2. The largest absolute Gasteiger partial charge is 0.481 e. The van der Waals surface area contributed by atoms with E-state index >= 15 is 0 Å². The van der Waals surface area contributed by atoms with Crippen molar-refractivity contribution in [1.29, 1.82) is 0 Å². The van der Waals surface area contributed by atoms with E-state index in [0.717, 1.165) is 11.8 Å². The van der Waals surface area contributed by atoms with Gasteiger partial charge < -0.3 is 10.2 Å². The van der Waals surface area contributed by atoms with Crippen molar-refractivity contribution in [1.82, 2.24) is 0 Å². The Kier molecular flexibility index (Phi) is 5.38.